The van der Waals surface area contributed by atoms with Gasteiger partial charge >= 0.3 is 0 Å². The second-order valence-electron chi connectivity index (χ2n) is 10.4. The van der Waals surface area contributed by atoms with Crippen molar-refractivity contribution in [3.05, 3.63) is 87.9 Å². The number of hydrogen-bond acceptors (Lipinski definition) is 5. The van der Waals surface area contributed by atoms with Crippen molar-refractivity contribution in [1.29, 1.82) is 0 Å². The normalized spacial score (nSPS) is 12.4. The summed E-state index contributed by atoms with van der Waals surface area (Å²) in [6.07, 6.45) is 0. The molecular weight excluding hydrogens is 630 g/mol. The van der Waals surface area contributed by atoms with Crippen LogP contribution in [0.15, 0.2) is 82.2 Å². The molecule has 0 bridgehead atoms. The molecule has 0 aliphatic carbocycles. The van der Waals surface area contributed by atoms with Gasteiger partial charge < -0.3 is 15.0 Å². The minimum absolute atomic E-state index is 0.0426. The van der Waals surface area contributed by atoms with Crippen LogP contribution in [-0.2, 0) is 26.2 Å². The Balaban J connectivity index is 2.08. The van der Waals surface area contributed by atoms with Crippen LogP contribution in [0.3, 0.4) is 0 Å². The van der Waals surface area contributed by atoms with Gasteiger partial charge in [0, 0.05) is 21.6 Å². The monoisotopic (exact) mass is 663 g/mol. The van der Waals surface area contributed by atoms with Crippen LogP contribution in [0.25, 0.3) is 0 Å². The number of sulfonamides is 1. The van der Waals surface area contributed by atoms with E-state index in [1.54, 1.807) is 38.1 Å². The first-order valence-corrected chi connectivity index (χ1v) is 15.7. The molecular formula is C30H35BrClN3O5S. The molecule has 0 unspecified atom stereocenters. The van der Waals surface area contributed by atoms with Crippen molar-refractivity contribution in [2.24, 2.45) is 0 Å². The highest BCUT2D eigenvalue weighted by atomic mass is 79.9. The van der Waals surface area contributed by atoms with Crippen molar-refractivity contribution in [2.75, 3.05) is 17.5 Å². The Kier molecular flexibility index (Phi) is 10.9. The molecule has 0 radical (unpaired) electrons. The molecule has 0 aliphatic heterocycles. The van der Waals surface area contributed by atoms with Crippen LogP contribution in [0.5, 0.6) is 5.75 Å². The Bertz CT molecular complexity index is 1460. The molecule has 220 valence electrons. The number of amides is 2. The first kappa shape index (κ1) is 32.4. The first-order chi connectivity index (χ1) is 19.2. The van der Waals surface area contributed by atoms with E-state index in [-0.39, 0.29) is 23.0 Å². The minimum Gasteiger partial charge on any atom is -0.492 e. The van der Waals surface area contributed by atoms with Gasteiger partial charge in [0.25, 0.3) is 10.0 Å². The van der Waals surface area contributed by atoms with E-state index >= 15 is 0 Å². The van der Waals surface area contributed by atoms with Gasteiger partial charge in [-0.1, -0.05) is 51.8 Å². The SMILES string of the molecule is CCOc1ccccc1N(CC(=O)N(Cc1ccc(Br)cc1)[C@@H](C)C(=O)NC(C)(C)C)S(=O)(=O)c1ccc(Cl)cc1. The van der Waals surface area contributed by atoms with E-state index in [2.05, 4.69) is 21.2 Å². The van der Waals surface area contributed by atoms with Crippen LogP contribution in [0.2, 0.25) is 5.02 Å². The van der Waals surface area contributed by atoms with Crippen LogP contribution in [0.1, 0.15) is 40.2 Å². The van der Waals surface area contributed by atoms with Gasteiger partial charge in [-0.25, -0.2) is 8.42 Å². The maximum Gasteiger partial charge on any atom is 0.264 e. The van der Waals surface area contributed by atoms with E-state index in [9.17, 15) is 18.0 Å². The van der Waals surface area contributed by atoms with Crippen LogP contribution >= 0.6 is 27.5 Å². The van der Waals surface area contributed by atoms with Crippen molar-refractivity contribution in [2.45, 2.75) is 57.6 Å². The molecule has 0 saturated carbocycles. The summed E-state index contributed by atoms with van der Waals surface area (Å²) in [5, 5.41) is 3.29. The summed E-state index contributed by atoms with van der Waals surface area (Å²) < 4.78 is 35.7. The summed E-state index contributed by atoms with van der Waals surface area (Å²) in [6.45, 7) is 8.78. The third-order valence-electron chi connectivity index (χ3n) is 6.05. The molecule has 1 atom stereocenters. The van der Waals surface area contributed by atoms with Crippen molar-refractivity contribution in [3.63, 3.8) is 0 Å². The largest absolute Gasteiger partial charge is 0.492 e. The lowest BCUT2D eigenvalue weighted by molar-refractivity contribution is -0.140. The summed E-state index contributed by atoms with van der Waals surface area (Å²) in [5.74, 6) is -0.614. The summed E-state index contributed by atoms with van der Waals surface area (Å²) >= 11 is 9.43. The number of carbonyl (C=O) groups is 2. The number of carbonyl (C=O) groups excluding carboxylic acids is 2. The summed E-state index contributed by atoms with van der Waals surface area (Å²) in [5.41, 5.74) is 0.449. The lowest BCUT2D eigenvalue weighted by atomic mass is 10.1. The lowest BCUT2D eigenvalue weighted by Crippen LogP contribution is -2.54. The molecule has 2 amide bonds. The quantitative estimate of drug-likeness (QED) is 0.270. The zero-order chi connectivity index (χ0) is 30.4. The zero-order valence-corrected chi connectivity index (χ0v) is 26.9. The van der Waals surface area contributed by atoms with E-state index in [4.69, 9.17) is 16.3 Å². The average molecular weight is 665 g/mol. The Hall–Kier alpha value is -3.08. The highest BCUT2D eigenvalue weighted by Crippen LogP contribution is 2.33. The number of para-hydroxylation sites is 2. The molecule has 3 aromatic rings. The second-order valence-corrected chi connectivity index (χ2v) is 13.6. The number of hydrogen-bond donors (Lipinski definition) is 1. The number of benzene rings is 3. The molecule has 3 rings (SSSR count). The Morgan fingerprint density at radius 1 is 1.00 bits per heavy atom. The van der Waals surface area contributed by atoms with Gasteiger partial charge in [-0.3, -0.25) is 13.9 Å². The number of halogens is 2. The van der Waals surface area contributed by atoms with Crippen molar-refractivity contribution >= 4 is 55.1 Å². The minimum atomic E-state index is -4.25. The van der Waals surface area contributed by atoms with Crippen LogP contribution in [0, 0.1) is 0 Å². The summed E-state index contributed by atoms with van der Waals surface area (Å²) in [6, 6.07) is 18.8. The van der Waals surface area contributed by atoms with Gasteiger partial charge in [-0.2, -0.15) is 0 Å². The van der Waals surface area contributed by atoms with Gasteiger partial charge in [-0.05, 0) is 88.7 Å². The molecule has 0 heterocycles. The van der Waals surface area contributed by atoms with Crippen LogP contribution in [-0.4, -0.2) is 49.9 Å². The van der Waals surface area contributed by atoms with Crippen molar-refractivity contribution in [3.8, 4) is 5.75 Å². The van der Waals surface area contributed by atoms with Gasteiger partial charge in [0.1, 0.15) is 18.3 Å². The molecule has 0 aliphatic rings. The average Bonchev–Trinajstić information content (AvgIpc) is 2.91. The zero-order valence-electron chi connectivity index (χ0n) is 23.7. The first-order valence-electron chi connectivity index (χ1n) is 13.1. The van der Waals surface area contributed by atoms with Crippen molar-refractivity contribution < 1.29 is 22.7 Å². The fourth-order valence-electron chi connectivity index (χ4n) is 4.03. The predicted molar refractivity (Wildman–Crippen MR) is 166 cm³/mol. The molecule has 11 heteroatoms. The van der Waals surface area contributed by atoms with E-state index < -0.39 is 34.1 Å². The standard InChI is InChI=1S/C30H35BrClN3O5S/c1-6-40-27-10-8-7-9-26(27)35(41(38,39)25-17-15-24(32)16-18-25)20-28(36)34(19-22-11-13-23(31)14-12-22)21(2)29(37)33-30(3,4)5/h7-18,21H,6,19-20H2,1-5H3,(H,33,37)/t21-/m0/s1. The fourth-order valence-corrected chi connectivity index (χ4v) is 5.85. The second kappa shape index (κ2) is 13.7. The Morgan fingerprint density at radius 2 is 1.61 bits per heavy atom. The highest BCUT2D eigenvalue weighted by molar-refractivity contribution is 9.10. The third kappa shape index (κ3) is 8.70. The Labute approximate surface area is 255 Å². The van der Waals surface area contributed by atoms with E-state index in [1.165, 1.54) is 29.2 Å². The smallest absolute Gasteiger partial charge is 0.264 e. The predicted octanol–water partition coefficient (Wildman–Crippen LogP) is 6.03. The molecule has 0 aromatic heterocycles. The number of rotatable bonds is 11. The molecule has 41 heavy (non-hydrogen) atoms. The maximum absolute atomic E-state index is 14.1. The van der Waals surface area contributed by atoms with Gasteiger partial charge in [0.2, 0.25) is 11.8 Å². The topological polar surface area (TPSA) is 96.0 Å². The number of nitrogens with zero attached hydrogens (tertiary/aromatic N) is 2. The molecule has 1 N–H and O–H groups in total. The Morgan fingerprint density at radius 3 is 2.20 bits per heavy atom. The summed E-state index contributed by atoms with van der Waals surface area (Å²) in [4.78, 5) is 28.6. The van der Waals surface area contributed by atoms with Crippen LogP contribution < -0.4 is 14.4 Å². The van der Waals surface area contributed by atoms with Crippen molar-refractivity contribution in [1.82, 2.24) is 10.2 Å². The van der Waals surface area contributed by atoms with Crippen LogP contribution in [0.4, 0.5) is 5.69 Å². The molecule has 0 saturated heterocycles. The number of anilines is 1. The van der Waals surface area contributed by atoms with Gasteiger partial charge in [0.05, 0.1) is 17.2 Å². The fraction of sp³-hybridized carbons (Fsp3) is 0.333. The molecule has 8 nitrogen and oxygen atoms in total. The van der Waals surface area contributed by atoms with Gasteiger partial charge in [0.15, 0.2) is 0 Å². The highest BCUT2D eigenvalue weighted by Gasteiger charge is 2.34. The molecule has 3 aromatic carbocycles. The van der Waals surface area contributed by atoms with E-state index in [1.807, 2.05) is 45.0 Å². The number of nitrogens with one attached hydrogen (secondary N) is 1. The summed E-state index contributed by atoms with van der Waals surface area (Å²) in [7, 11) is -4.25. The molecule has 0 spiro atoms. The van der Waals surface area contributed by atoms with Gasteiger partial charge in [-0.15, -0.1) is 0 Å². The maximum atomic E-state index is 14.1. The number of ether oxygens (including phenoxy) is 1. The third-order valence-corrected chi connectivity index (χ3v) is 8.60. The van der Waals surface area contributed by atoms with E-state index in [0.717, 1.165) is 14.3 Å². The molecule has 0 fully saturated rings. The van der Waals surface area contributed by atoms with E-state index in [0.29, 0.717) is 17.4 Å². The lowest BCUT2D eigenvalue weighted by Gasteiger charge is -2.33.